The van der Waals surface area contributed by atoms with Gasteiger partial charge >= 0.3 is 0 Å². The third-order valence-corrected chi connectivity index (χ3v) is 11.0. The van der Waals surface area contributed by atoms with Crippen LogP contribution in [-0.4, -0.2) is 15.0 Å². The number of hydrogen-bond donors (Lipinski definition) is 0. The molecule has 53 heavy (non-hydrogen) atoms. The Morgan fingerprint density at radius 3 is 1.45 bits per heavy atom. The summed E-state index contributed by atoms with van der Waals surface area (Å²) in [7, 11) is 0. The van der Waals surface area contributed by atoms with E-state index < -0.39 is 0 Å². The van der Waals surface area contributed by atoms with E-state index in [1.54, 1.807) is 0 Å². The van der Waals surface area contributed by atoms with Gasteiger partial charge in [0.25, 0.3) is 0 Å². The Labute approximate surface area is 302 Å². The number of furan rings is 1. The molecule has 0 spiro atoms. The van der Waals surface area contributed by atoms with Gasteiger partial charge in [-0.2, -0.15) is 0 Å². The monoisotopic (exact) mass is 673 g/mol. The first-order chi connectivity index (χ1) is 26.2. The van der Waals surface area contributed by atoms with E-state index in [2.05, 4.69) is 115 Å². The first-order valence-electron chi connectivity index (χ1n) is 17.9. The van der Waals surface area contributed by atoms with Crippen LogP contribution in [0.4, 0.5) is 0 Å². The maximum Gasteiger partial charge on any atom is 0.164 e. The molecule has 0 amide bonds. The van der Waals surface area contributed by atoms with Crippen molar-refractivity contribution in [2.45, 2.75) is 0 Å². The van der Waals surface area contributed by atoms with Crippen LogP contribution in [0.15, 0.2) is 168 Å². The van der Waals surface area contributed by atoms with Crippen LogP contribution in [0, 0.1) is 0 Å². The molecule has 0 saturated heterocycles. The van der Waals surface area contributed by atoms with Gasteiger partial charge < -0.3 is 4.42 Å². The Kier molecular flexibility index (Phi) is 5.74. The van der Waals surface area contributed by atoms with Crippen LogP contribution < -0.4 is 0 Å². The highest BCUT2D eigenvalue weighted by atomic mass is 16.3. The third-order valence-electron chi connectivity index (χ3n) is 11.0. The molecule has 0 radical (unpaired) electrons. The lowest BCUT2D eigenvalue weighted by molar-refractivity contribution is 0.669. The van der Waals surface area contributed by atoms with E-state index in [4.69, 9.17) is 19.4 Å². The van der Waals surface area contributed by atoms with Crippen molar-refractivity contribution in [2.75, 3.05) is 0 Å². The van der Waals surface area contributed by atoms with Crippen LogP contribution >= 0.6 is 0 Å². The minimum atomic E-state index is 0.616. The summed E-state index contributed by atoms with van der Waals surface area (Å²) in [4.78, 5) is 15.5. The molecular formula is C49H27N3O. The molecule has 0 saturated carbocycles. The van der Waals surface area contributed by atoms with Gasteiger partial charge in [-0.05, 0) is 101 Å². The largest absolute Gasteiger partial charge is 0.456 e. The van der Waals surface area contributed by atoms with Crippen LogP contribution in [0.5, 0.6) is 0 Å². The highest BCUT2D eigenvalue weighted by Gasteiger charge is 2.19. The van der Waals surface area contributed by atoms with Crippen LogP contribution in [0.3, 0.4) is 0 Å². The number of nitrogens with zero attached hydrogens (tertiary/aromatic N) is 3. The summed E-state index contributed by atoms with van der Waals surface area (Å²) in [6, 6.07) is 58.2. The van der Waals surface area contributed by atoms with E-state index in [1.165, 1.54) is 59.2 Å². The van der Waals surface area contributed by atoms with Crippen molar-refractivity contribution in [3.63, 3.8) is 0 Å². The van der Waals surface area contributed by atoms with Gasteiger partial charge in [0, 0.05) is 27.5 Å². The molecule has 0 bridgehead atoms. The molecule has 4 nitrogen and oxygen atoms in total. The summed E-state index contributed by atoms with van der Waals surface area (Å²) in [5.41, 5.74) is 4.49. The summed E-state index contributed by atoms with van der Waals surface area (Å²) in [6.45, 7) is 0. The molecule has 12 rings (SSSR count). The highest BCUT2D eigenvalue weighted by Crippen LogP contribution is 2.44. The molecule has 4 heteroatoms. The second-order valence-electron chi connectivity index (χ2n) is 13.9. The highest BCUT2D eigenvalue weighted by molar-refractivity contribution is 6.37. The van der Waals surface area contributed by atoms with Gasteiger partial charge in [0.2, 0.25) is 0 Å². The first-order valence-corrected chi connectivity index (χ1v) is 17.9. The van der Waals surface area contributed by atoms with Gasteiger partial charge in [0.1, 0.15) is 11.2 Å². The van der Waals surface area contributed by atoms with E-state index >= 15 is 0 Å². The molecule has 0 fully saturated rings. The normalized spacial score (nSPS) is 12.2. The Bertz CT molecular complexity index is 3450. The van der Waals surface area contributed by atoms with Crippen molar-refractivity contribution in [1.29, 1.82) is 0 Å². The van der Waals surface area contributed by atoms with E-state index in [-0.39, 0.29) is 0 Å². The van der Waals surface area contributed by atoms with Crippen LogP contribution in [-0.2, 0) is 0 Å². The molecule has 244 valence electrons. The van der Waals surface area contributed by atoms with Gasteiger partial charge in [-0.15, -0.1) is 0 Å². The summed E-state index contributed by atoms with van der Waals surface area (Å²) in [5, 5.41) is 16.9. The number of aromatic nitrogens is 3. The van der Waals surface area contributed by atoms with Crippen molar-refractivity contribution >= 4 is 86.6 Å². The number of rotatable bonds is 3. The fourth-order valence-corrected chi connectivity index (χ4v) is 8.63. The second kappa shape index (κ2) is 10.7. The fraction of sp³-hybridized carbons (Fsp3) is 0. The van der Waals surface area contributed by atoms with E-state index in [0.29, 0.717) is 17.5 Å². The van der Waals surface area contributed by atoms with Gasteiger partial charge in [0.05, 0.1) is 0 Å². The Hall–Kier alpha value is -7.17. The summed E-state index contributed by atoms with van der Waals surface area (Å²) < 4.78 is 6.16. The maximum absolute atomic E-state index is 6.16. The standard InChI is InChI=1S/C49H27N3O/c1-2-9-31(10-3-1)47-50-48(33-23-24-42-39(26-33)35-14-4-5-18-41(35)53-42)52-49(51-47)34-25-32-22-21-30-12-7-16-37-36-15-6-11-28-19-20-29-13-8-17-38(45(29)43(28)36)40(27-34)46(32)44(30)37/h1-27H. The van der Waals surface area contributed by atoms with Crippen molar-refractivity contribution in [2.24, 2.45) is 0 Å². The zero-order valence-electron chi connectivity index (χ0n) is 28.3. The average molecular weight is 674 g/mol. The molecule has 2 aromatic heterocycles. The summed E-state index contributed by atoms with van der Waals surface area (Å²) in [5.74, 6) is 1.88. The van der Waals surface area contributed by atoms with Gasteiger partial charge in [-0.3, -0.25) is 0 Å². The number of fused-ring (bicyclic) bond motifs is 5. The van der Waals surface area contributed by atoms with Gasteiger partial charge in [0.15, 0.2) is 17.5 Å². The van der Waals surface area contributed by atoms with Crippen LogP contribution in [0.2, 0.25) is 0 Å². The molecule has 12 aromatic rings. The van der Waals surface area contributed by atoms with Crippen molar-refractivity contribution in [1.82, 2.24) is 15.0 Å². The van der Waals surface area contributed by atoms with Crippen LogP contribution in [0.1, 0.15) is 0 Å². The molecule has 0 aliphatic carbocycles. The van der Waals surface area contributed by atoms with Crippen molar-refractivity contribution in [3.05, 3.63) is 164 Å². The van der Waals surface area contributed by atoms with Gasteiger partial charge in [-0.1, -0.05) is 127 Å². The molecule has 0 aliphatic heterocycles. The average Bonchev–Trinajstić information content (AvgIpc) is 3.60. The molecule has 0 aliphatic rings. The van der Waals surface area contributed by atoms with E-state index in [9.17, 15) is 0 Å². The maximum atomic E-state index is 6.16. The smallest absolute Gasteiger partial charge is 0.164 e. The molecule has 2 heterocycles. The predicted molar refractivity (Wildman–Crippen MR) is 220 cm³/mol. The molecule has 0 atom stereocenters. The SMILES string of the molecule is c1ccc(-c2nc(-c3ccc4oc5ccccc5c4c3)nc(-c3cc4ccc5cccc6c7cccc8ccc9cccc(c(c3)c4c56)c9c87)n2)cc1. The fourth-order valence-electron chi connectivity index (χ4n) is 8.63. The van der Waals surface area contributed by atoms with E-state index in [1.807, 2.05) is 48.5 Å². The molecule has 0 unspecified atom stereocenters. The lowest BCUT2D eigenvalue weighted by Crippen LogP contribution is -2.00. The Morgan fingerprint density at radius 1 is 0.283 bits per heavy atom. The lowest BCUT2D eigenvalue weighted by Gasteiger charge is -2.17. The topological polar surface area (TPSA) is 51.8 Å². The lowest BCUT2D eigenvalue weighted by atomic mass is 9.87. The summed E-state index contributed by atoms with van der Waals surface area (Å²) in [6.07, 6.45) is 0. The van der Waals surface area contributed by atoms with Crippen LogP contribution in [0.25, 0.3) is 121 Å². The quantitative estimate of drug-likeness (QED) is 0.175. The van der Waals surface area contributed by atoms with Crippen molar-refractivity contribution in [3.8, 4) is 34.2 Å². The molecular weight excluding hydrogens is 647 g/mol. The Morgan fingerprint density at radius 2 is 0.774 bits per heavy atom. The second-order valence-corrected chi connectivity index (χ2v) is 13.9. The van der Waals surface area contributed by atoms with Crippen molar-refractivity contribution < 1.29 is 4.42 Å². The number of para-hydroxylation sites is 1. The minimum Gasteiger partial charge on any atom is -0.456 e. The molecule has 0 N–H and O–H groups in total. The van der Waals surface area contributed by atoms with Gasteiger partial charge in [-0.25, -0.2) is 15.0 Å². The first kappa shape index (κ1) is 28.5. The molecule has 10 aromatic carbocycles. The minimum absolute atomic E-state index is 0.616. The number of benzene rings is 9. The zero-order chi connectivity index (χ0) is 34.6. The third kappa shape index (κ3) is 4.15. The summed E-state index contributed by atoms with van der Waals surface area (Å²) >= 11 is 0. The zero-order valence-corrected chi connectivity index (χ0v) is 28.3. The van der Waals surface area contributed by atoms with E-state index in [0.717, 1.165) is 44.0 Å². The number of hydrogen-bond acceptors (Lipinski definition) is 4. The Balaban J connectivity index is 1.20. The predicted octanol–water partition coefficient (Wildman–Crippen LogP) is 13.1.